The number of aromatic amines is 1. The van der Waals surface area contributed by atoms with Gasteiger partial charge in [-0.15, -0.1) is 0 Å². The van der Waals surface area contributed by atoms with Gasteiger partial charge in [-0.25, -0.2) is 0 Å². The minimum atomic E-state index is -0.266. The summed E-state index contributed by atoms with van der Waals surface area (Å²) in [4.78, 5) is 16.7. The molecule has 0 spiro atoms. The molecule has 5 heteroatoms. The van der Waals surface area contributed by atoms with Crippen LogP contribution in [0.2, 0.25) is 0 Å². The Morgan fingerprint density at radius 2 is 2.04 bits per heavy atom. The van der Waals surface area contributed by atoms with Gasteiger partial charge in [-0.05, 0) is 42.5 Å². The fourth-order valence-electron chi connectivity index (χ4n) is 2.91. The first-order valence-electron chi connectivity index (χ1n) is 8.57. The van der Waals surface area contributed by atoms with Crippen LogP contribution in [0.4, 0.5) is 5.82 Å². The van der Waals surface area contributed by atoms with E-state index < -0.39 is 0 Å². The molecule has 1 aliphatic carbocycles. The summed E-state index contributed by atoms with van der Waals surface area (Å²) >= 11 is 0. The summed E-state index contributed by atoms with van der Waals surface area (Å²) in [6.45, 7) is 1.91. The fourth-order valence-corrected chi connectivity index (χ4v) is 2.91. The summed E-state index contributed by atoms with van der Waals surface area (Å²) < 4.78 is 0. The summed E-state index contributed by atoms with van der Waals surface area (Å²) in [7, 11) is 0. The zero-order chi connectivity index (χ0) is 17.2. The number of hydrogen-bond acceptors (Lipinski definition) is 3. The highest BCUT2D eigenvalue weighted by Crippen LogP contribution is 2.39. The molecule has 1 aliphatic rings. The van der Waals surface area contributed by atoms with E-state index in [4.69, 9.17) is 0 Å². The number of rotatable bonds is 5. The summed E-state index contributed by atoms with van der Waals surface area (Å²) in [5.74, 6) is 0.865. The molecule has 126 valence electrons. The Balaban J connectivity index is 1.49. The molecule has 1 aromatic carbocycles. The van der Waals surface area contributed by atoms with E-state index in [0.717, 1.165) is 22.4 Å². The van der Waals surface area contributed by atoms with Gasteiger partial charge in [0.25, 0.3) is 0 Å². The molecular formula is C20H20N4O. The fraction of sp³-hybridized carbons (Fsp3) is 0.250. The molecule has 1 unspecified atom stereocenters. The Kier molecular flexibility index (Phi) is 4.06. The summed E-state index contributed by atoms with van der Waals surface area (Å²) in [5, 5.41) is 10.1. The first-order chi connectivity index (χ1) is 12.2. The lowest BCUT2D eigenvalue weighted by Gasteiger charge is -2.12. The van der Waals surface area contributed by atoms with E-state index in [1.54, 1.807) is 6.20 Å². The number of benzene rings is 1. The number of amides is 1. The van der Waals surface area contributed by atoms with Gasteiger partial charge in [-0.1, -0.05) is 30.3 Å². The SMILES string of the molecule is CC(C(=O)Nc1cc(C2CC2)[nH]n1)c1cccc(-c2cccnc2)c1. The maximum Gasteiger partial charge on any atom is 0.232 e. The second-order valence-electron chi connectivity index (χ2n) is 6.56. The highest BCUT2D eigenvalue weighted by Gasteiger charge is 2.26. The number of nitrogens with one attached hydrogen (secondary N) is 2. The van der Waals surface area contributed by atoms with Gasteiger partial charge in [0.1, 0.15) is 0 Å². The quantitative estimate of drug-likeness (QED) is 0.739. The predicted octanol–water partition coefficient (Wildman–Crippen LogP) is 4.09. The molecule has 0 saturated heterocycles. The van der Waals surface area contributed by atoms with Crippen LogP contribution in [0, 0.1) is 0 Å². The molecule has 2 N–H and O–H groups in total. The van der Waals surface area contributed by atoms with Crippen LogP contribution in [0.3, 0.4) is 0 Å². The van der Waals surface area contributed by atoms with Gasteiger partial charge in [0.15, 0.2) is 5.82 Å². The Morgan fingerprint density at radius 1 is 1.20 bits per heavy atom. The highest BCUT2D eigenvalue weighted by molar-refractivity contribution is 5.95. The molecule has 25 heavy (non-hydrogen) atoms. The Morgan fingerprint density at radius 3 is 2.80 bits per heavy atom. The van der Waals surface area contributed by atoms with E-state index in [2.05, 4.69) is 20.5 Å². The van der Waals surface area contributed by atoms with Crippen molar-refractivity contribution in [3.63, 3.8) is 0 Å². The number of aromatic nitrogens is 3. The topological polar surface area (TPSA) is 70.7 Å². The molecule has 0 bridgehead atoms. The van der Waals surface area contributed by atoms with Crippen LogP contribution in [-0.4, -0.2) is 21.1 Å². The van der Waals surface area contributed by atoms with Gasteiger partial charge < -0.3 is 5.32 Å². The molecule has 4 rings (SSSR count). The average Bonchev–Trinajstić information content (AvgIpc) is 3.41. The molecule has 3 aromatic rings. The van der Waals surface area contributed by atoms with E-state index in [1.165, 1.54) is 12.8 Å². The van der Waals surface area contributed by atoms with Crippen LogP contribution in [0.25, 0.3) is 11.1 Å². The van der Waals surface area contributed by atoms with Crippen molar-refractivity contribution in [1.82, 2.24) is 15.2 Å². The van der Waals surface area contributed by atoms with Crippen LogP contribution < -0.4 is 5.32 Å². The van der Waals surface area contributed by atoms with E-state index in [1.807, 2.05) is 55.6 Å². The third-order valence-corrected chi connectivity index (χ3v) is 4.64. The van der Waals surface area contributed by atoms with Gasteiger partial charge in [0.05, 0.1) is 5.92 Å². The number of pyridine rings is 1. The second kappa shape index (κ2) is 6.51. The average molecular weight is 332 g/mol. The van der Waals surface area contributed by atoms with Crippen LogP contribution in [0.5, 0.6) is 0 Å². The molecule has 2 aromatic heterocycles. The van der Waals surface area contributed by atoms with Gasteiger partial charge in [-0.3, -0.25) is 14.9 Å². The van der Waals surface area contributed by atoms with Crippen LogP contribution in [0.1, 0.15) is 42.9 Å². The molecule has 1 saturated carbocycles. The number of H-pyrrole nitrogens is 1. The Bertz CT molecular complexity index is 883. The third kappa shape index (κ3) is 3.45. The molecule has 5 nitrogen and oxygen atoms in total. The van der Waals surface area contributed by atoms with Crippen molar-refractivity contribution in [1.29, 1.82) is 0 Å². The van der Waals surface area contributed by atoms with Crippen molar-refractivity contribution in [2.24, 2.45) is 0 Å². The minimum Gasteiger partial charge on any atom is -0.309 e. The number of hydrogen-bond donors (Lipinski definition) is 2. The van der Waals surface area contributed by atoms with Crippen molar-refractivity contribution in [2.75, 3.05) is 5.32 Å². The van der Waals surface area contributed by atoms with E-state index >= 15 is 0 Å². The maximum atomic E-state index is 12.6. The lowest BCUT2D eigenvalue weighted by atomic mass is 9.96. The predicted molar refractivity (Wildman–Crippen MR) is 97.3 cm³/mol. The molecule has 0 radical (unpaired) electrons. The summed E-state index contributed by atoms with van der Waals surface area (Å²) in [6.07, 6.45) is 5.98. The molecule has 0 aliphatic heterocycles. The van der Waals surface area contributed by atoms with Crippen molar-refractivity contribution < 1.29 is 4.79 Å². The Labute approximate surface area is 146 Å². The van der Waals surface area contributed by atoms with Crippen molar-refractivity contribution in [3.05, 3.63) is 66.1 Å². The van der Waals surface area contributed by atoms with E-state index in [9.17, 15) is 4.79 Å². The summed E-state index contributed by atoms with van der Waals surface area (Å²) in [5.41, 5.74) is 4.18. The van der Waals surface area contributed by atoms with Gasteiger partial charge in [-0.2, -0.15) is 5.10 Å². The molecule has 1 fully saturated rings. The molecule has 1 amide bonds. The van der Waals surface area contributed by atoms with Crippen LogP contribution >= 0.6 is 0 Å². The largest absolute Gasteiger partial charge is 0.309 e. The lowest BCUT2D eigenvalue weighted by Crippen LogP contribution is -2.19. The first kappa shape index (κ1) is 15.6. The zero-order valence-electron chi connectivity index (χ0n) is 14.1. The van der Waals surface area contributed by atoms with Crippen molar-refractivity contribution >= 4 is 11.7 Å². The number of anilines is 1. The number of carbonyl (C=O) groups is 1. The molecular weight excluding hydrogens is 312 g/mol. The second-order valence-corrected chi connectivity index (χ2v) is 6.56. The first-order valence-corrected chi connectivity index (χ1v) is 8.57. The van der Waals surface area contributed by atoms with Crippen LogP contribution in [0.15, 0.2) is 54.9 Å². The lowest BCUT2D eigenvalue weighted by molar-refractivity contribution is -0.117. The van der Waals surface area contributed by atoms with Crippen molar-refractivity contribution in [3.8, 4) is 11.1 Å². The Hall–Kier alpha value is -2.95. The van der Waals surface area contributed by atoms with E-state index in [-0.39, 0.29) is 11.8 Å². The van der Waals surface area contributed by atoms with Crippen molar-refractivity contribution in [2.45, 2.75) is 31.6 Å². The van der Waals surface area contributed by atoms with Gasteiger partial charge in [0, 0.05) is 30.1 Å². The standard InChI is InChI=1S/C20H20N4O/c1-13(20(25)22-19-11-18(23-24-19)14-7-8-14)15-4-2-5-16(10-15)17-6-3-9-21-12-17/h2-6,9-14H,7-8H2,1H3,(H2,22,23,24,25). The molecule has 2 heterocycles. The number of nitrogens with zero attached hydrogens (tertiary/aromatic N) is 2. The molecule has 1 atom stereocenters. The minimum absolute atomic E-state index is 0.0582. The van der Waals surface area contributed by atoms with E-state index in [0.29, 0.717) is 11.7 Å². The zero-order valence-corrected chi connectivity index (χ0v) is 14.1. The van der Waals surface area contributed by atoms with Gasteiger partial charge in [0.2, 0.25) is 5.91 Å². The highest BCUT2D eigenvalue weighted by atomic mass is 16.1. The monoisotopic (exact) mass is 332 g/mol. The number of carbonyl (C=O) groups excluding carboxylic acids is 1. The maximum absolute atomic E-state index is 12.6. The smallest absolute Gasteiger partial charge is 0.232 e. The summed E-state index contributed by atoms with van der Waals surface area (Å²) in [6, 6.07) is 13.9. The van der Waals surface area contributed by atoms with Gasteiger partial charge >= 0.3 is 0 Å². The van der Waals surface area contributed by atoms with Crippen LogP contribution in [-0.2, 0) is 4.79 Å². The normalized spacial score (nSPS) is 14.9. The third-order valence-electron chi connectivity index (χ3n) is 4.64.